The highest BCUT2D eigenvalue weighted by atomic mass is 19.4. The molecule has 33 heavy (non-hydrogen) atoms. The van der Waals surface area contributed by atoms with Crippen molar-refractivity contribution in [3.63, 3.8) is 0 Å². The summed E-state index contributed by atoms with van der Waals surface area (Å²) >= 11 is 0. The largest absolute Gasteiger partial charge is 0.408 e. The zero-order chi connectivity index (χ0) is 23.8. The van der Waals surface area contributed by atoms with Gasteiger partial charge < -0.3 is 20.9 Å². The van der Waals surface area contributed by atoms with Crippen LogP contribution in [-0.4, -0.2) is 58.8 Å². The normalized spacial score (nSPS) is 21.5. The number of alkyl halides is 3. The van der Waals surface area contributed by atoms with Gasteiger partial charge in [0.2, 0.25) is 5.95 Å². The molecule has 2 aliphatic rings. The molecule has 1 aromatic heterocycles. The number of carbonyl (C=O) groups is 1. The molecule has 0 saturated carbocycles. The highest BCUT2D eigenvalue weighted by Gasteiger charge is 2.37. The molecule has 1 aromatic carbocycles. The Morgan fingerprint density at radius 1 is 1.24 bits per heavy atom. The lowest BCUT2D eigenvalue weighted by molar-refractivity contribution is -0.138. The van der Waals surface area contributed by atoms with Gasteiger partial charge in [0.1, 0.15) is 6.04 Å². The van der Waals surface area contributed by atoms with Crippen LogP contribution >= 0.6 is 0 Å². The van der Waals surface area contributed by atoms with E-state index < -0.39 is 23.9 Å². The summed E-state index contributed by atoms with van der Waals surface area (Å²) in [4.78, 5) is 22.5. The Morgan fingerprint density at radius 3 is 2.76 bits per heavy atom. The van der Waals surface area contributed by atoms with Crippen LogP contribution in [0.4, 0.5) is 32.7 Å². The molecule has 1 fully saturated rings. The Morgan fingerprint density at radius 2 is 2.03 bits per heavy atom. The third kappa shape index (κ3) is 5.15. The summed E-state index contributed by atoms with van der Waals surface area (Å²) in [6, 6.07) is 1.18. The molecule has 1 saturated heterocycles. The van der Waals surface area contributed by atoms with Crippen molar-refractivity contribution in [1.29, 1.82) is 0 Å². The molecule has 3 heterocycles. The lowest BCUT2D eigenvalue weighted by Gasteiger charge is -2.30. The van der Waals surface area contributed by atoms with Gasteiger partial charge in [-0.15, -0.1) is 0 Å². The van der Waals surface area contributed by atoms with E-state index in [1.807, 2.05) is 0 Å². The number of carbonyl (C=O) groups excluding carboxylic acids is 1. The zero-order valence-electron chi connectivity index (χ0n) is 17.7. The number of halogens is 5. The summed E-state index contributed by atoms with van der Waals surface area (Å²) < 4.78 is 65.4. The molecule has 2 amide bonds. The van der Waals surface area contributed by atoms with Crippen LogP contribution in [0.2, 0.25) is 0 Å². The third-order valence-electron chi connectivity index (χ3n) is 5.96. The summed E-state index contributed by atoms with van der Waals surface area (Å²) in [6.07, 6.45) is -2.50. The van der Waals surface area contributed by atoms with Gasteiger partial charge >= 0.3 is 12.2 Å². The Kier molecular flexibility index (Phi) is 6.37. The minimum Gasteiger partial charge on any atom is -0.343 e. The minimum absolute atomic E-state index is 0.120. The lowest BCUT2D eigenvalue weighted by Crippen LogP contribution is -2.49. The number of hydrogen-bond acceptors (Lipinski definition) is 5. The van der Waals surface area contributed by atoms with Gasteiger partial charge in [-0.1, -0.05) is 6.07 Å². The topological polar surface area (TPSA) is 82.2 Å². The van der Waals surface area contributed by atoms with Crippen molar-refractivity contribution in [3.8, 4) is 0 Å². The molecular formula is C21H23F5N6O. The Hall–Kier alpha value is -3.02. The summed E-state index contributed by atoms with van der Waals surface area (Å²) in [5.41, 5.74) is 1.83. The molecule has 12 heteroatoms. The van der Waals surface area contributed by atoms with Crippen molar-refractivity contribution < 1.29 is 26.7 Å². The van der Waals surface area contributed by atoms with Gasteiger partial charge in [-0.3, -0.25) is 0 Å². The fourth-order valence-electron chi connectivity index (χ4n) is 3.99. The fourth-order valence-corrected chi connectivity index (χ4v) is 3.99. The van der Waals surface area contributed by atoms with Crippen molar-refractivity contribution in [3.05, 3.63) is 52.9 Å². The number of nitrogens with zero attached hydrogens (tertiary/aromatic N) is 3. The number of rotatable bonds is 4. The summed E-state index contributed by atoms with van der Waals surface area (Å²) in [5.74, 6) is -2.26. The van der Waals surface area contributed by atoms with Crippen molar-refractivity contribution in [1.82, 2.24) is 25.5 Å². The molecule has 7 nitrogen and oxygen atoms in total. The van der Waals surface area contributed by atoms with Crippen molar-refractivity contribution in [2.45, 2.75) is 44.1 Å². The van der Waals surface area contributed by atoms with Crippen molar-refractivity contribution >= 4 is 12.0 Å². The van der Waals surface area contributed by atoms with Crippen LogP contribution in [-0.2, 0) is 13.0 Å². The molecule has 0 bridgehead atoms. The number of nitrogens with one attached hydrogen (secondary N) is 3. The van der Waals surface area contributed by atoms with Gasteiger partial charge in [0.05, 0.1) is 18.3 Å². The maximum atomic E-state index is 13.7. The van der Waals surface area contributed by atoms with E-state index in [0.29, 0.717) is 37.3 Å². The average molecular weight is 470 g/mol. The monoisotopic (exact) mass is 470 g/mol. The first kappa shape index (κ1) is 23.1. The van der Waals surface area contributed by atoms with E-state index >= 15 is 0 Å². The van der Waals surface area contributed by atoms with E-state index in [2.05, 4.69) is 25.9 Å². The van der Waals surface area contributed by atoms with Gasteiger partial charge in [0.25, 0.3) is 0 Å². The Labute approximate surface area is 186 Å². The average Bonchev–Trinajstić information content (AvgIpc) is 3.22. The van der Waals surface area contributed by atoms with Crippen LogP contribution in [0.5, 0.6) is 0 Å². The highest BCUT2D eigenvalue weighted by Crippen LogP contribution is 2.26. The second kappa shape index (κ2) is 9.08. The summed E-state index contributed by atoms with van der Waals surface area (Å²) in [6.45, 7) is 2.45. The van der Waals surface area contributed by atoms with Gasteiger partial charge in [-0.05, 0) is 36.6 Å². The summed E-state index contributed by atoms with van der Waals surface area (Å²) in [5, 5.41) is 8.31. The standard InChI is InChI=1S/C21H23F5N6O/c1-11(21(24,25)26)29-19-28-7-13-4-5-32(10-18(13)30-19)20(33)31-17-9-27-8-14(17)12-2-3-15(22)16(23)6-12/h2-3,6-7,11,14,17,27H,4-5,8-10H2,1H3,(H,31,33)(H,28,29,30). The lowest BCUT2D eigenvalue weighted by atomic mass is 9.94. The quantitative estimate of drug-likeness (QED) is 0.599. The van der Waals surface area contributed by atoms with Crippen LogP contribution in [0, 0.1) is 11.6 Å². The number of urea groups is 1. The van der Waals surface area contributed by atoms with Crippen LogP contribution in [0.15, 0.2) is 24.4 Å². The highest BCUT2D eigenvalue weighted by molar-refractivity contribution is 5.75. The predicted molar refractivity (Wildman–Crippen MR) is 110 cm³/mol. The van der Waals surface area contributed by atoms with Crippen LogP contribution in [0.1, 0.15) is 29.7 Å². The molecule has 0 aliphatic carbocycles. The molecule has 2 aromatic rings. The van der Waals surface area contributed by atoms with E-state index in [0.717, 1.165) is 24.6 Å². The van der Waals surface area contributed by atoms with E-state index in [1.165, 1.54) is 17.2 Å². The van der Waals surface area contributed by atoms with Crippen LogP contribution in [0.3, 0.4) is 0 Å². The number of anilines is 1. The van der Waals surface area contributed by atoms with Gasteiger partial charge in [-0.2, -0.15) is 13.2 Å². The summed E-state index contributed by atoms with van der Waals surface area (Å²) in [7, 11) is 0. The molecule has 3 unspecified atom stereocenters. The van der Waals surface area contributed by atoms with E-state index in [1.54, 1.807) is 0 Å². The second-order valence-electron chi connectivity index (χ2n) is 8.24. The van der Waals surface area contributed by atoms with E-state index in [-0.39, 0.29) is 30.5 Å². The Bertz CT molecular complexity index is 1030. The molecule has 0 radical (unpaired) electrons. The molecule has 3 N–H and O–H groups in total. The first-order chi connectivity index (χ1) is 15.6. The first-order valence-electron chi connectivity index (χ1n) is 10.5. The van der Waals surface area contributed by atoms with Crippen LogP contribution in [0.25, 0.3) is 0 Å². The number of fused-ring (bicyclic) bond motifs is 1. The van der Waals surface area contributed by atoms with Crippen molar-refractivity contribution in [2.24, 2.45) is 0 Å². The van der Waals surface area contributed by atoms with Crippen LogP contribution < -0.4 is 16.0 Å². The van der Waals surface area contributed by atoms with Gasteiger partial charge in [-0.25, -0.2) is 23.5 Å². The van der Waals surface area contributed by atoms with E-state index in [9.17, 15) is 26.7 Å². The number of benzene rings is 1. The van der Waals surface area contributed by atoms with E-state index in [4.69, 9.17) is 0 Å². The SMILES string of the molecule is CC(Nc1ncc2c(n1)CN(C(=O)NC1CNCC1c1ccc(F)c(F)c1)CC2)C(F)(F)F. The molecular weight excluding hydrogens is 447 g/mol. The molecule has 178 valence electrons. The minimum atomic E-state index is -4.44. The Balaban J connectivity index is 1.42. The number of hydrogen-bond donors (Lipinski definition) is 3. The maximum Gasteiger partial charge on any atom is 0.408 e. The molecule has 2 aliphatic heterocycles. The van der Waals surface area contributed by atoms with Gasteiger partial charge in [0.15, 0.2) is 11.6 Å². The number of amides is 2. The fraction of sp³-hybridized carbons (Fsp3) is 0.476. The third-order valence-corrected chi connectivity index (χ3v) is 5.96. The molecule has 3 atom stereocenters. The van der Waals surface area contributed by atoms with Gasteiger partial charge in [0, 0.05) is 31.7 Å². The zero-order valence-corrected chi connectivity index (χ0v) is 17.7. The van der Waals surface area contributed by atoms with Crippen molar-refractivity contribution in [2.75, 3.05) is 25.0 Å². The molecule has 0 spiro atoms. The second-order valence-corrected chi connectivity index (χ2v) is 8.24. The predicted octanol–water partition coefficient (Wildman–Crippen LogP) is 2.94. The first-order valence-corrected chi connectivity index (χ1v) is 10.5. The smallest absolute Gasteiger partial charge is 0.343 e. The maximum absolute atomic E-state index is 13.7. The number of aromatic nitrogens is 2. The molecule has 4 rings (SSSR count).